The molecule has 458 valence electrons. The zero-order valence-electron chi connectivity index (χ0n) is 48.7. The topological polar surface area (TPSA) is 211 Å². The van der Waals surface area contributed by atoms with Gasteiger partial charge in [-0.3, -0.25) is 19.1 Å². The SMILES string of the molecule is COc1cc(C(=O)NCCOCCOCCN(C)CC2CCC(n3cc(NC(=O)c4coc(-c5ccnc(NCC6CC6)c5)n4)c(C(F)F)n3)CC2)ccc1NC(=O)[C@@H]1C[C@@H](CC(C)(C)C)[C@](C#N)(c2ccc(Cl)cc2F)[C@H]1c1cccc(Cl)c1F. The number of oxazole rings is 1. The van der Waals surface area contributed by atoms with Crippen molar-refractivity contribution in [3.05, 3.63) is 135 Å². The fourth-order valence-corrected chi connectivity index (χ4v) is 12.4. The van der Waals surface area contributed by atoms with Crippen LogP contribution in [0.2, 0.25) is 10.0 Å². The molecule has 0 spiro atoms. The predicted molar refractivity (Wildman–Crippen MR) is 319 cm³/mol. The second-order valence-corrected chi connectivity index (χ2v) is 24.6. The van der Waals surface area contributed by atoms with E-state index in [0.717, 1.165) is 44.8 Å². The Morgan fingerprint density at radius 1 is 0.919 bits per heavy atom. The number of hydrogen-bond acceptors (Lipinski definition) is 13. The molecule has 0 saturated heterocycles. The largest absolute Gasteiger partial charge is 0.495 e. The molecule has 9 rings (SSSR count). The van der Waals surface area contributed by atoms with Crippen LogP contribution in [0.3, 0.4) is 0 Å². The van der Waals surface area contributed by atoms with E-state index in [1.165, 1.54) is 80.9 Å². The van der Waals surface area contributed by atoms with E-state index in [-0.39, 0.29) is 86.5 Å². The Bertz CT molecular complexity index is 3400. The number of carbonyl (C=O) groups is 3. The lowest BCUT2D eigenvalue weighted by molar-refractivity contribution is -0.120. The second kappa shape index (κ2) is 28.2. The van der Waals surface area contributed by atoms with E-state index in [4.69, 9.17) is 41.8 Å². The molecule has 86 heavy (non-hydrogen) atoms. The van der Waals surface area contributed by atoms with Crippen molar-refractivity contribution < 1.29 is 50.6 Å². The van der Waals surface area contributed by atoms with Crippen LogP contribution in [0, 0.1) is 52.1 Å². The summed E-state index contributed by atoms with van der Waals surface area (Å²) in [5, 5.41) is 27.0. The lowest BCUT2D eigenvalue weighted by Gasteiger charge is -2.38. The summed E-state index contributed by atoms with van der Waals surface area (Å²) >= 11 is 12.5. The number of pyridine rings is 1. The normalized spacial score (nSPS) is 20.4. The Morgan fingerprint density at radius 3 is 2.38 bits per heavy atom. The summed E-state index contributed by atoms with van der Waals surface area (Å²) in [5.41, 5.74) is -1.61. The molecule has 4 N–H and O–H groups in total. The maximum Gasteiger partial charge on any atom is 0.284 e. The zero-order valence-corrected chi connectivity index (χ0v) is 50.3. The number of nitriles is 1. The Balaban J connectivity index is 0.690. The van der Waals surface area contributed by atoms with E-state index in [1.54, 1.807) is 23.0 Å². The molecule has 23 heteroatoms. The van der Waals surface area contributed by atoms with Gasteiger partial charge in [0, 0.05) is 72.1 Å². The average molecular weight is 1230 g/mol. The summed E-state index contributed by atoms with van der Waals surface area (Å²) in [7, 11) is 3.42. The van der Waals surface area contributed by atoms with Crippen LogP contribution in [0.4, 0.5) is 34.8 Å². The highest BCUT2D eigenvalue weighted by atomic mass is 35.5. The maximum absolute atomic E-state index is 16.2. The quantitative estimate of drug-likeness (QED) is 0.0294. The van der Waals surface area contributed by atoms with Crippen LogP contribution in [-0.4, -0.2) is 109 Å². The van der Waals surface area contributed by atoms with Crippen LogP contribution in [0.15, 0.2) is 89.8 Å². The van der Waals surface area contributed by atoms with Crippen molar-refractivity contribution in [3.63, 3.8) is 0 Å². The third kappa shape index (κ3) is 15.4. The van der Waals surface area contributed by atoms with E-state index in [1.807, 2.05) is 27.8 Å². The van der Waals surface area contributed by atoms with Gasteiger partial charge < -0.3 is 44.8 Å². The number of methoxy groups -OCH3 is 1. The van der Waals surface area contributed by atoms with Crippen molar-refractivity contribution in [1.29, 1.82) is 5.26 Å². The first-order valence-corrected chi connectivity index (χ1v) is 29.8. The fraction of sp³-hybridized carbons (Fsp3) is 0.476. The molecule has 3 aliphatic rings. The zero-order chi connectivity index (χ0) is 61.3. The van der Waals surface area contributed by atoms with Gasteiger partial charge in [0.2, 0.25) is 11.8 Å². The van der Waals surface area contributed by atoms with Crippen LogP contribution in [-0.2, 0) is 19.7 Å². The molecule has 17 nitrogen and oxygen atoms in total. The standard InChI is InChI=1S/C63H72Cl2F4N10O7/c1-62(2,3)31-41-29-45(54(44-7-6-8-47(65)55(44)67)63(41,36-70)46-17-14-42(64)30-48(46)66)59(81)74-49-18-13-39(27-52(49)83-5)58(80)72-21-23-84-25-26-85-24-22-78(4)33-38-11-15-43(16-12-38)79-34-50(56(77-79)57(68)69)75-60(82)51-35-86-61(76-51)40-19-20-71-53(28-40)73-32-37-9-10-37/h6-8,13-14,17-20,27-28,30,34-35,37-38,41,43,45,54,57H,9-12,15-16,21-26,29,31-33H2,1-5H3,(H,71,73)(H,72,80)(H,74,81)(H,75,82)/t38?,41-,43?,45+,54-,63+/m0/s1. The predicted octanol–water partition coefficient (Wildman–Crippen LogP) is 12.9. The van der Waals surface area contributed by atoms with Crippen molar-refractivity contribution in [2.45, 2.75) is 95.9 Å². The summed E-state index contributed by atoms with van der Waals surface area (Å²) in [6, 6.07) is 18.8. The van der Waals surface area contributed by atoms with Gasteiger partial charge in [-0.05, 0) is 136 Å². The number of likely N-dealkylation sites (N-methyl/N-ethyl adjacent to an activating group) is 1. The number of ether oxygens (including phenoxy) is 3. The molecule has 0 radical (unpaired) electrons. The van der Waals surface area contributed by atoms with Gasteiger partial charge in [0.25, 0.3) is 18.2 Å². The van der Waals surface area contributed by atoms with Crippen LogP contribution >= 0.6 is 23.2 Å². The summed E-state index contributed by atoms with van der Waals surface area (Å²) in [6.45, 7) is 9.84. The summed E-state index contributed by atoms with van der Waals surface area (Å²) in [4.78, 5) is 52.0. The third-order valence-corrected chi connectivity index (χ3v) is 16.9. The second-order valence-electron chi connectivity index (χ2n) is 23.8. The van der Waals surface area contributed by atoms with E-state index in [2.05, 4.69) is 47.3 Å². The number of anilines is 3. The minimum absolute atomic E-state index is 0.00761. The maximum atomic E-state index is 16.2. The van der Waals surface area contributed by atoms with Crippen molar-refractivity contribution in [3.8, 4) is 23.3 Å². The first-order valence-electron chi connectivity index (χ1n) is 29.0. The average Bonchev–Trinajstić information content (AvgIpc) is 1.53. The number of nitrogens with zero attached hydrogens (tertiary/aromatic N) is 6. The molecular formula is C63H72Cl2F4N10O7. The third-order valence-electron chi connectivity index (χ3n) is 16.4. The van der Waals surface area contributed by atoms with Gasteiger partial charge in [-0.15, -0.1) is 0 Å². The lowest BCUT2D eigenvalue weighted by Crippen LogP contribution is -2.39. The van der Waals surface area contributed by atoms with Crippen molar-refractivity contribution in [2.24, 2.45) is 29.1 Å². The molecule has 3 heterocycles. The van der Waals surface area contributed by atoms with E-state index < -0.39 is 64.6 Å². The Kier molecular flexibility index (Phi) is 20.8. The van der Waals surface area contributed by atoms with Crippen LogP contribution in [0.5, 0.6) is 5.75 Å². The number of rotatable bonds is 26. The number of amides is 3. The minimum atomic E-state index is -2.90. The number of aromatic nitrogens is 4. The van der Waals surface area contributed by atoms with Gasteiger partial charge in [0.15, 0.2) is 11.4 Å². The van der Waals surface area contributed by atoms with E-state index >= 15 is 8.78 Å². The van der Waals surface area contributed by atoms with Gasteiger partial charge in [-0.25, -0.2) is 27.5 Å². The Labute approximate surface area is 507 Å². The van der Waals surface area contributed by atoms with Crippen LogP contribution in [0.25, 0.3) is 11.5 Å². The van der Waals surface area contributed by atoms with Gasteiger partial charge in [-0.2, -0.15) is 10.4 Å². The highest BCUT2D eigenvalue weighted by Crippen LogP contribution is 2.61. The minimum Gasteiger partial charge on any atom is -0.495 e. The molecule has 3 amide bonds. The molecule has 0 aliphatic heterocycles. The van der Waals surface area contributed by atoms with Crippen molar-refractivity contribution in [1.82, 2.24) is 30.0 Å². The molecule has 0 unspecified atom stereocenters. The van der Waals surface area contributed by atoms with E-state index in [9.17, 15) is 28.4 Å². The van der Waals surface area contributed by atoms with Crippen LogP contribution < -0.4 is 26.0 Å². The molecule has 6 aromatic rings. The molecule has 3 aromatic carbocycles. The monoisotopic (exact) mass is 1230 g/mol. The highest BCUT2D eigenvalue weighted by Gasteiger charge is 2.61. The Hall–Kier alpha value is -7.09. The van der Waals surface area contributed by atoms with Gasteiger partial charge in [0.1, 0.15) is 29.5 Å². The molecule has 4 atom stereocenters. The first-order chi connectivity index (χ1) is 41.2. The van der Waals surface area contributed by atoms with Gasteiger partial charge in [-0.1, -0.05) is 62.2 Å². The van der Waals surface area contributed by atoms with Gasteiger partial charge in [0.05, 0.1) is 67.5 Å². The van der Waals surface area contributed by atoms with Gasteiger partial charge >= 0.3 is 0 Å². The van der Waals surface area contributed by atoms with Crippen LogP contribution in [0.1, 0.15) is 128 Å². The first kappa shape index (κ1) is 63.4. The Morgan fingerprint density at radius 2 is 1.67 bits per heavy atom. The number of nitrogens with one attached hydrogen (secondary N) is 4. The highest BCUT2D eigenvalue weighted by molar-refractivity contribution is 6.31. The summed E-state index contributed by atoms with van der Waals surface area (Å²) in [5.74, 6) is -3.96. The van der Waals surface area contributed by atoms with E-state index in [0.29, 0.717) is 56.0 Å². The number of benzene rings is 3. The number of halogens is 6. The molecule has 3 aliphatic carbocycles. The molecule has 3 saturated carbocycles. The molecular weight excluding hydrogens is 1160 g/mol. The number of alkyl halides is 2. The molecule has 0 bridgehead atoms. The van der Waals surface area contributed by atoms with Crippen molar-refractivity contribution >= 4 is 58.1 Å². The lowest BCUT2D eigenvalue weighted by atomic mass is 9.62. The summed E-state index contributed by atoms with van der Waals surface area (Å²) in [6.07, 6.45) is 7.51. The molecule has 3 fully saturated rings. The number of carbonyl (C=O) groups excluding carboxylic acids is 3. The molecule has 3 aromatic heterocycles. The van der Waals surface area contributed by atoms with Crippen molar-refractivity contribution in [2.75, 3.05) is 82.7 Å². The summed E-state index contributed by atoms with van der Waals surface area (Å²) < 4.78 is 85.1. The fourth-order valence-electron chi connectivity index (χ4n) is 12.0. The smallest absolute Gasteiger partial charge is 0.284 e. The number of hydrogen-bond donors (Lipinski definition) is 4.